The van der Waals surface area contributed by atoms with Gasteiger partial charge in [0.2, 0.25) is 17.7 Å². The molecule has 1 aliphatic rings. The van der Waals surface area contributed by atoms with Gasteiger partial charge >= 0.3 is 0 Å². The van der Waals surface area contributed by atoms with Crippen LogP contribution in [-0.4, -0.2) is 36.3 Å². The van der Waals surface area contributed by atoms with Crippen molar-refractivity contribution in [1.82, 2.24) is 10.6 Å². The van der Waals surface area contributed by atoms with E-state index in [1.807, 2.05) is 20.8 Å². The first kappa shape index (κ1) is 18.4. The third-order valence-corrected chi connectivity index (χ3v) is 3.75. The molecule has 0 aromatic heterocycles. The van der Waals surface area contributed by atoms with Gasteiger partial charge in [-0.3, -0.25) is 14.4 Å². The topological polar surface area (TPSA) is 127 Å². The molecule has 1 rings (SSSR count). The molecule has 3 amide bonds. The van der Waals surface area contributed by atoms with E-state index >= 15 is 0 Å². The van der Waals surface area contributed by atoms with Crippen molar-refractivity contribution < 1.29 is 14.4 Å². The molecule has 1 heterocycles. The molecule has 0 saturated carbocycles. The van der Waals surface area contributed by atoms with Gasteiger partial charge in [-0.2, -0.15) is 0 Å². The van der Waals surface area contributed by atoms with Gasteiger partial charge < -0.3 is 22.1 Å². The number of nitrogens with two attached hydrogens (primary N) is 2. The molecule has 0 radical (unpaired) electrons. The molecule has 22 heavy (non-hydrogen) atoms. The van der Waals surface area contributed by atoms with E-state index in [0.717, 1.165) is 6.42 Å². The second-order valence-corrected chi connectivity index (χ2v) is 7.20. The van der Waals surface area contributed by atoms with E-state index in [-0.39, 0.29) is 23.7 Å². The summed E-state index contributed by atoms with van der Waals surface area (Å²) in [5, 5.41) is 5.34. The zero-order valence-corrected chi connectivity index (χ0v) is 13.6. The van der Waals surface area contributed by atoms with Crippen LogP contribution in [0.2, 0.25) is 0 Å². The summed E-state index contributed by atoms with van der Waals surface area (Å²) in [7, 11) is 0. The number of primary amides is 1. The monoisotopic (exact) mass is 312 g/mol. The molecule has 0 aromatic carbocycles. The van der Waals surface area contributed by atoms with Gasteiger partial charge in [-0.15, -0.1) is 0 Å². The third kappa shape index (κ3) is 6.01. The molecule has 0 spiro atoms. The minimum Gasteiger partial charge on any atom is -0.368 e. The minimum absolute atomic E-state index is 0.0919. The van der Waals surface area contributed by atoms with Gasteiger partial charge in [0.1, 0.15) is 6.04 Å². The van der Waals surface area contributed by atoms with Crippen LogP contribution >= 0.6 is 0 Å². The van der Waals surface area contributed by atoms with Crippen molar-refractivity contribution in [3.8, 4) is 0 Å². The summed E-state index contributed by atoms with van der Waals surface area (Å²) < 4.78 is 0. The molecule has 1 aliphatic heterocycles. The van der Waals surface area contributed by atoms with Crippen molar-refractivity contribution in [2.24, 2.45) is 22.8 Å². The van der Waals surface area contributed by atoms with Gasteiger partial charge in [0, 0.05) is 12.5 Å². The van der Waals surface area contributed by atoms with Crippen LogP contribution < -0.4 is 22.1 Å². The summed E-state index contributed by atoms with van der Waals surface area (Å²) in [6, 6.07) is -1.57. The Kier molecular flexibility index (Phi) is 6.34. The highest BCUT2D eigenvalue weighted by Crippen LogP contribution is 2.21. The first-order chi connectivity index (χ1) is 10.1. The molecule has 0 bridgehead atoms. The molecular weight excluding hydrogens is 284 g/mol. The molecular formula is C15H28N4O3. The summed E-state index contributed by atoms with van der Waals surface area (Å²) in [6.45, 7) is 6.60. The Morgan fingerprint density at radius 2 is 2.05 bits per heavy atom. The quantitative estimate of drug-likeness (QED) is 0.534. The lowest BCUT2D eigenvalue weighted by atomic mass is 9.87. The fourth-order valence-electron chi connectivity index (χ4n) is 2.62. The fraction of sp³-hybridized carbons (Fsp3) is 0.800. The Morgan fingerprint density at radius 1 is 1.41 bits per heavy atom. The van der Waals surface area contributed by atoms with Crippen LogP contribution in [0.3, 0.4) is 0 Å². The molecule has 1 saturated heterocycles. The highest BCUT2D eigenvalue weighted by atomic mass is 16.2. The first-order valence-corrected chi connectivity index (χ1v) is 7.73. The fourth-order valence-corrected chi connectivity index (χ4v) is 2.62. The number of amides is 3. The zero-order chi connectivity index (χ0) is 16.9. The number of rotatable bonds is 6. The van der Waals surface area contributed by atoms with E-state index in [4.69, 9.17) is 11.5 Å². The van der Waals surface area contributed by atoms with Crippen LogP contribution in [0, 0.1) is 11.3 Å². The summed E-state index contributed by atoms with van der Waals surface area (Å²) >= 11 is 0. The normalized spacial score (nSPS) is 21.6. The smallest absolute Gasteiger partial charge is 0.240 e. The van der Waals surface area contributed by atoms with E-state index in [0.29, 0.717) is 19.4 Å². The second kappa shape index (κ2) is 7.58. The standard InChI is InChI=1S/C15H28N4O3/c1-15(2,3)8-10(16)14(22)19-11(12(17)20)7-9-5-4-6-18-13(9)21/h9-11H,4-8,16H2,1-3H3,(H2,17,20)(H,18,21)(H,19,22)/t9-,10?,11?/m0/s1. The second-order valence-electron chi connectivity index (χ2n) is 7.20. The van der Waals surface area contributed by atoms with Crippen molar-refractivity contribution in [1.29, 1.82) is 0 Å². The predicted octanol–water partition coefficient (Wildman–Crippen LogP) is -0.364. The molecule has 0 aliphatic carbocycles. The van der Waals surface area contributed by atoms with Crippen LogP contribution in [-0.2, 0) is 14.4 Å². The van der Waals surface area contributed by atoms with Gasteiger partial charge in [-0.1, -0.05) is 20.8 Å². The van der Waals surface area contributed by atoms with E-state index < -0.39 is 23.9 Å². The van der Waals surface area contributed by atoms with Gasteiger partial charge in [-0.05, 0) is 31.1 Å². The molecule has 3 atom stereocenters. The van der Waals surface area contributed by atoms with Gasteiger partial charge in [0.05, 0.1) is 6.04 Å². The zero-order valence-electron chi connectivity index (χ0n) is 13.6. The lowest BCUT2D eigenvalue weighted by Crippen LogP contribution is -2.53. The van der Waals surface area contributed by atoms with Crippen LogP contribution in [0.25, 0.3) is 0 Å². The Hall–Kier alpha value is -1.63. The summed E-state index contributed by atoms with van der Waals surface area (Å²) in [5.41, 5.74) is 11.1. The Labute approximate surface area is 131 Å². The van der Waals surface area contributed by atoms with E-state index in [9.17, 15) is 14.4 Å². The van der Waals surface area contributed by atoms with Crippen molar-refractivity contribution in [2.45, 2.75) is 58.5 Å². The van der Waals surface area contributed by atoms with Crippen LogP contribution in [0.4, 0.5) is 0 Å². The SMILES string of the molecule is CC(C)(C)CC(N)C(=O)NC(C[C@@H]1CCCNC1=O)C(N)=O. The molecule has 7 nitrogen and oxygen atoms in total. The Morgan fingerprint density at radius 3 is 2.55 bits per heavy atom. The number of nitrogens with one attached hydrogen (secondary N) is 2. The number of carbonyl (C=O) groups is 3. The van der Waals surface area contributed by atoms with Crippen molar-refractivity contribution in [3.63, 3.8) is 0 Å². The Balaban J connectivity index is 2.62. The van der Waals surface area contributed by atoms with Crippen molar-refractivity contribution in [3.05, 3.63) is 0 Å². The van der Waals surface area contributed by atoms with E-state index in [1.165, 1.54) is 0 Å². The average molecular weight is 312 g/mol. The maximum Gasteiger partial charge on any atom is 0.240 e. The number of hydrogen-bond donors (Lipinski definition) is 4. The average Bonchev–Trinajstić information content (AvgIpc) is 2.38. The summed E-state index contributed by atoms with van der Waals surface area (Å²) in [6.07, 6.45) is 2.27. The van der Waals surface area contributed by atoms with E-state index in [2.05, 4.69) is 10.6 Å². The number of piperidine rings is 1. The van der Waals surface area contributed by atoms with Crippen molar-refractivity contribution >= 4 is 17.7 Å². The van der Waals surface area contributed by atoms with Crippen molar-refractivity contribution in [2.75, 3.05) is 6.54 Å². The minimum atomic E-state index is -0.868. The first-order valence-electron chi connectivity index (χ1n) is 7.73. The molecule has 1 fully saturated rings. The summed E-state index contributed by atoms with van der Waals surface area (Å²) in [5.74, 6) is -1.44. The number of hydrogen-bond acceptors (Lipinski definition) is 4. The molecule has 0 aromatic rings. The lowest BCUT2D eigenvalue weighted by molar-refractivity contribution is -0.131. The predicted molar refractivity (Wildman–Crippen MR) is 83.5 cm³/mol. The van der Waals surface area contributed by atoms with Gasteiger partial charge in [-0.25, -0.2) is 0 Å². The molecule has 7 heteroatoms. The van der Waals surface area contributed by atoms with Crippen LogP contribution in [0.15, 0.2) is 0 Å². The van der Waals surface area contributed by atoms with Gasteiger partial charge in [0.15, 0.2) is 0 Å². The summed E-state index contributed by atoms with van der Waals surface area (Å²) in [4.78, 5) is 35.4. The lowest BCUT2D eigenvalue weighted by Gasteiger charge is -2.27. The highest BCUT2D eigenvalue weighted by molar-refractivity contribution is 5.89. The highest BCUT2D eigenvalue weighted by Gasteiger charge is 2.30. The van der Waals surface area contributed by atoms with Gasteiger partial charge in [0.25, 0.3) is 0 Å². The van der Waals surface area contributed by atoms with Crippen LogP contribution in [0.1, 0.15) is 46.5 Å². The molecule has 126 valence electrons. The van der Waals surface area contributed by atoms with E-state index in [1.54, 1.807) is 0 Å². The Bertz CT molecular complexity index is 431. The third-order valence-electron chi connectivity index (χ3n) is 3.75. The molecule has 6 N–H and O–H groups in total. The number of carbonyl (C=O) groups excluding carboxylic acids is 3. The van der Waals surface area contributed by atoms with Crippen LogP contribution in [0.5, 0.6) is 0 Å². The largest absolute Gasteiger partial charge is 0.368 e. The maximum atomic E-state index is 12.1. The molecule has 2 unspecified atom stereocenters. The maximum absolute atomic E-state index is 12.1.